The Labute approximate surface area is 79.1 Å². The van der Waals surface area contributed by atoms with Gasteiger partial charge in [-0.15, -0.1) is 0 Å². The fourth-order valence-electron chi connectivity index (χ4n) is 2.45. The molecule has 2 aliphatic rings. The first kappa shape index (κ1) is 9.00. The zero-order valence-electron chi connectivity index (χ0n) is 8.01. The van der Waals surface area contributed by atoms with Crippen molar-refractivity contribution in [3.8, 4) is 0 Å². The molecular weight excluding hydrogens is 164 g/mol. The van der Waals surface area contributed by atoms with Gasteiger partial charge in [-0.2, -0.15) is 0 Å². The predicted octanol–water partition coefficient (Wildman–Crippen LogP) is 0.927. The van der Waals surface area contributed by atoms with Gasteiger partial charge in [-0.3, -0.25) is 4.79 Å². The van der Waals surface area contributed by atoms with Gasteiger partial charge in [0.25, 0.3) is 0 Å². The van der Waals surface area contributed by atoms with Crippen LogP contribution in [-0.4, -0.2) is 17.5 Å². The Morgan fingerprint density at radius 3 is 2.23 bits per heavy atom. The Kier molecular flexibility index (Phi) is 2.28. The lowest BCUT2D eigenvalue weighted by atomic mass is 9.75. The van der Waals surface area contributed by atoms with Crippen LogP contribution in [-0.2, 0) is 4.79 Å². The maximum Gasteiger partial charge on any atom is 0.237 e. The minimum absolute atomic E-state index is 0.148. The minimum atomic E-state index is -0.324. The van der Waals surface area contributed by atoms with Crippen molar-refractivity contribution in [2.45, 2.75) is 56.5 Å². The van der Waals surface area contributed by atoms with Crippen LogP contribution in [0, 0.1) is 0 Å². The summed E-state index contributed by atoms with van der Waals surface area (Å²) in [7, 11) is 0. The first-order valence-corrected chi connectivity index (χ1v) is 5.31. The van der Waals surface area contributed by atoms with Crippen molar-refractivity contribution < 1.29 is 4.79 Å². The second-order valence-electron chi connectivity index (χ2n) is 4.43. The molecule has 0 spiro atoms. The Morgan fingerprint density at radius 2 is 1.85 bits per heavy atom. The van der Waals surface area contributed by atoms with Crippen LogP contribution in [0.3, 0.4) is 0 Å². The third kappa shape index (κ3) is 1.57. The highest BCUT2D eigenvalue weighted by Crippen LogP contribution is 2.33. The number of carbonyl (C=O) groups excluding carboxylic acids is 1. The van der Waals surface area contributed by atoms with Crippen LogP contribution in [0.25, 0.3) is 0 Å². The molecule has 0 aliphatic heterocycles. The SMILES string of the molecule is NC(=O)C1(NC2CCCC2)CCC1. The molecule has 0 heterocycles. The van der Waals surface area contributed by atoms with Crippen LogP contribution in [0.1, 0.15) is 44.9 Å². The van der Waals surface area contributed by atoms with E-state index in [2.05, 4.69) is 5.32 Å². The molecule has 74 valence electrons. The summed E-state index contributed by atoms with van der Waals surface area (Å²) in [6.07, 6.45) is 8.06. The molecule has 0 aromatic carbocycles. The number of amides is 1. The summed E-state index contributed by atoms with van der Waals surface area (Å²) < 4.78 is 0. The molecule has 3 nitrogen and oxygen atoms in total. The van der Waals surface area contributed by atoms with Crippen molar-refractivity contribution in [1.82, 2.24) is 5.32 Å². The summed E-state index contributed by atoms with van der Waals surface area (Å²) in [6.45, 7) is 0. The fourth-order valence-corrected chi connectivity index (χ4v) is 2.45. The Morgan fingerprint density at radius 1 is 1.23 bits per heavy atom. The maximum atomic E-state index is 11.3. The standard InChI is InChI=1S/C10H18N2O/c11-9(13)10(6-3-7-10)12-8-4-1-2-5-8/h8,12H,1-7H2,(H2,11,13). The second kappa shape index (κ2) is 3.29. The molecule has 13 heavy (non-hydrogen) atoms. The van der Waals surface area contributed by atoms with E-state index >= 15 is 0 Å². The first-order chi connectivity index (χ1) is 6.23. The quantitative estimate of drug-likeness (QED) is 0.682. The van der Waals surface area contributed by atoms with Crippen molar-refractivity contribution in [3.05, 3.63) is 0 Å². The number of rotatable bonds is 3. The monoisotopic (exact) mass is 182 g/mol. The molecule has 0 bridgehead atoms. The van der Waals surface area contributed by atoms with Crippen LogP contribution in [0.15, 0.2) is 0 Å². The van der Waals surface area contributed by atoms with E-state index in [1.807, 2.05) is 0 Å². The van der Waals surface area contributed by atoms with E-state index in [0.29, 0.717) is 6.04 Å². The van der Waals surface area contributed by atoms with E-state index in [1.54, 1.807) is 0 Å². The molecule has 0 unspecified atom stereocenters. The fraction of sp³-hybridized carbons (Fsp3) is 0.900. The van der Waals surface area contributed by atoms with Gasteiger partial charge in [0.05, 0.1) is 5.54 Å². The van der Waals surface area contributed by atoms with Crippen LogP contribution < -0.4 is 11.1 Å². The van der Waals surface area contributed by atoms with Gasteiger partial charge in [-0.05, 0) is 32.1 Å². The van der Waals surface area contributed by atoms with Crippen molar-refractivity contribution >= 4 is 5.91 Å². The van der Waals surface area contributed by atoms with E-state index in [4.69, 9.17) is 5.73 Å². The molecule has 0 aromatic heterocycles. The highest BCUT2D eigenvalue weighted by molar-refractivity contribution is 5.85. The number of nitrogens with two attached hydrogens (primary N) is 1. The average molecular weight is 182 g/mol. The highest BCUT2D eigenvalue weighted by atomic mass is 16.1. The molecule has 0 atom stereocenters. The number of primary amides is 1. The predicted molar refractivity (Wildman–Crippen MR) is 51.2 cm³/mol. The van der Waals surface area contributed by atoms with Gasteiger partial charge in [-0.25, -0.2) is 0 Å². The van der Waals surface area contributed by atoms with Crippen LogP contribution in [0.5, 0.6) is 0 Å². The van der Waals surface area contributed by atoms with Gasteiger partial charge in [0.1, 0.15) is 0 Å². The lowest BCUT2D eigenvalue weighted by molar-refractivity contribution is -0.128. The summed E-state index contributed by atoms with van der Waals surface area (Å²) in [5, 5.41) is 3.45. The zero-order chi connectivity index (χ0) is 9.31. The number of carbonyl (C=O) groups is 1. The number of hydrogen-bond acceptors (Lipinski definition) is 2. The van der Waals surface area contributed by atoms with Gasteiger partial charge < -0.3 is 11.1 Å². The minimum Gasteiger partial charge on any atom is -0.368 e. The Hall–Kier alpha value is -0.570. The third-order valence-electron chi connectivity index (χ3n) is 3.51. The molecule has 0 radical (unpaired) electrons. The van der Waals surface area contributed by atoms with Gasteiger partial charge in [-0.1, -0.05) is 12.8 Å². The van der Waals surface area contributed by atoms with E-state index in [9.17, 15) is 4.79 Å². The highest BCUT2D eigenvalue weighted by Gasteiger charge is 2.43. The van der Waals surface area contributed by atoms with Crippen LogP contribution in [0.2, 0.25) is 0 Å². The van der Waals surface area contributed by atoms with E-state index in [-0.39, 0.29) is 11.4 Å². The topological polar surface area (TPSA) is 55.1 Å². The van der Waals surface area contributed by atoms with E-state index in [1.165, 1.54) is 25.7 Å². The van der Waals surface area contributed by atoms with Gasteiger partial charge in [0.15, 0.2) is 0 Å². The molecule has 2 rings (SSSR count). The lowest BCUT2D eigenvalue weighted by Gasteiger charge is -2.41. The molecule has 2 saturated carbocycles. The summed E-state index contributed by atoms with van der Waals surface area (Å²) in [5.74, 6) is -0.148. The van der Waals surface area contributed by atoms with Crippen molar-refractivity contribution in [2.75, 3.05) is 0 Å². The van der Waals surface area contributed by atoms with Crippen LogP contribution in [0.4, 0.5) is 0 Å². The average Bonchev–Trinajstić information content (AvgIpc) is 2.47. The Bertz CT molecular complexity index is 205. The summed E-state index contributed by atoms with van der Waals surface area (Å²) in [5.41, 5.74) is 5.09. The van der Waals surface area contributed by atoms with E-state index < -0.39 is 0 Å². The summed E-state index contributed by atoms with van der Waals surface area (Å²) in [6, 6.07) is 0.549. The number of nitrogens with one attached hydrogen (secondary N) is 1. The van der Waals surface area contributed by atoms with Crippen LogP contribution >= 0.6 is 0 Å². The third-order valence-corrected chi connectivity index (χ3v) is 3.51. The molecule has 2 aliphatic carbocycles. The number of hydrogen-bond donors (Lipinski definition) is 2. The molecule has 2 fully saturated rings. The molecule has 0 aromatic rings. The molecule has 3 heteroatoms. The molecule has 1 amide bonds. The van der Waals surface area contributed by atoms with Crippen molar-refractivity contribution in [2.24, 2.45) is 5.73 Å². The van der Waals surface area contributed by atoms with Gasteiger partial charge in [0.2, 0.25) is 5.91 Å². The first-order valence-electron chi connectivity index (χ1n) is 5.31. The smallest absolute Gasteiger partial charge is 0.237 e. The zero-order valence-corrected chi connectivity index (χ0v) is 8.01. The molecular formula is C10H18N2O. The summed E-state index contributed by atoms with van der Waals surface area (Å²) >= 11 is 0. The Balaban J connectivity index is 1.93. The van der Waals surface area contributed by atoms with E-state index in [0.717, 1.165) is 19.3 Å². The molecule has 0 saturated heterocycles. The molecule has 3 N–H and O–H groups in total. The lowest BCUT2D eigenvalue weighted by Crippen LogP contribution is -2.62. The van der Waals surface area contributed by atoms with Crippen molar-refractivity contribution in [1.29, 1.82) is 0 Å². The maximum absolute atomic E-state index is 11.3. The summed E-state index contributed by atoms with van der Waals surface area (Å²) in [4.78, 5) is 11.3. The largest absolute Gasteiger partial charge is 0.368 e. The normalized spacial score (nSPS) is 27.1. The second-order valence-corrected chi connectivity index (χ2v) is 4.43. The van der Waals surface area contributed by atoms with Crippen molar-refractivity contribution in [3.63, 3.8) is 0 Å². The van der Waals surface area contributed by atoms with Gasteiger partial charge in [0, 0.05) is 6.04 Å². The van der Waals surface area contributed by atoms with Gasteiger partial charge >= 0.3 is 0 Å².